The van der Waals surface area contributed by atoms with Crippen LogP contribution in [0.2, 0.25) is 0 Å². The van der Waals surface area contributed by atoms with Gasteiger partial charge in [0.2, 0.25) is 0 Å². The third-order valence-electron chi connectivity index (χ3n) is 5.77. The molecule has 0 atom stereocenters. The van der Waals surface area contributed by atoms with Crippen LogP contribution in [0.15, 0.2) is 83.8 Å². The minimum absolute atomic E-state index is 0.127. The predicted molar refractivity (Wildman–Crippen MR) is 137 cm³/mol. The van der Waals surface area contributed by atoms with Crippen molar-refractivity contribution in [2.45, 2.75) is 37.2 Å². The highest BCUT2D eigenvalue weighted by Crippen LogP contribution is 2.28. The van der Waals surface area contributed by atoms with Crippen LogP contribution >= 0.6 is 0 Å². The molecule has 0 spiro atoms. The fourth-order valence-electron chi connectivity index (χ4n) is 3.30. The number of benzene rings is 3. The third kappa shape index (κ3) is 6.82. The van der Waals surface area contributed by atoms with Crippen molar-refractivity contribution in [3.05, 3.63) is 90.0 Å². The van der Waals surface area contributed by atoms with E-state index < -0.39 is 16.1 Å². The zero-order chi connectivity index (χ0) is 24.8. The molecular weight excluding hydrogens is 448 g/mol. The fraction of sp³-hybridized carbons (Fsp3) is 0.269. The van der Waals surface area contributed by atoms with Crippen molar-refractivity contribution in [3.63, 3.8) is 0 Å². The molecule has 0 bridgehead atoms. The number of rotatable bonds is 9. The standard InChI is InChI=1S/C26H32N4O3S/c1-26(2,30(3)4)18-21-15-16-23(29-34(32,33)22-13-9-6-10-14-22)24(17-21)28-25(31)27-19-20-11-7-5-8-12-20/h5-17,29H,18-19H2,1-4H3,(H2,27,28,31). The molecule has 3 aromatic carbocycles. The van der Waals surface area contributed by atoms with Gasteiger partial charge in [0, 0.05) is 12.1 Å². The number of nitrogens with one attached hydrogen (secondary N) is 3. The first-order valence-corrected chi connectivity index (χ1v) is 12.5. The summed E-state index contributed by atoms with van der Waals surface area (Å²) in [5.41, 5.74) is 2.49. The predicted octanol–water partition coefficient (Wildman–Crippen LogP) is 4.69. The Morgan fingerprint density at radius 2 is 1.47 bits per heavy atom. The van der Waals surface area contributed by atoms with Crippen molar-refractivity contribution in [2.24, 2.45) is 0 Å². The molecule has 0 saturated heterocycles. The minimum Gasteiger partial charge on any atom is -0.334 e. The Morgan fingerprint density at radius 1 is 0.853 bits per heavy atom. The molecule has 0 saturated carbocycles. The number of likely N-dealkylation sites (N-methyl/N-ethyl adjacent to an activating group) is 1. The van der Waals surface area contributed by atoms with Crippen LogP contribution in [-0.4, -0.2) is 39.0 Å². The van der Waals surface area contributed by atoms with E-state index in [0.29, 0.717) is 24.3 Å². The summed E-state index contributed by atoms with van der Waals surface area (Å²) >= 11 is 0. The molecule has 0 aliphatic heterocycles. The summed E-state index contributed by atoms with van der Waals surface area (Å²) in [6.45, 7) is 4.60. The van der Waals surface area contributed by atoms with Crippen molar-refractivity contribution >= 4 is 27.4 Å². The van der Waals surface area contributed by atoms with Crippen molar-refractivity contribution in [1.29, 1.82) is 0 Å². The van der Waals surface area contributed by atoms with Crippen molar-refractivity contribution < 1.29 is 13.2 Å². The monoisotopic (exact) mass is 480 g/mol. The van der Waals surface area contributed by atoms with E-state index in [2.05, 4.69) is 34.1 Å². The number of anilines is 2. The van der Waals surface area contributed by atoms with Crippen molar-refractivity contribution in [3.8, 4) is 0 Å². The number of nitrogens with zero attached hydrogens (tertiary/aromatic N) is 1. The summed E-state index contributed by atoms with van der Waals surface area (Å²) < 4.78 is 28.4. The Hall–Kier alpha value is -3.36. The number of hydrogen-bond donors (Lipinski definition) is 3. The molecule has 0 radical (unpaired) electrons. The quantitative estimate of drug-likeness (QED) is 0.414. The van der Waals surface area contributed by atoms with Gasteiger partial charge in [-0.05, 0) is 69.8 Å². The molecule has 0 unspecified atom stereocenters. The van der Waals surface area contributed by atoms with Crippen molar-refractivity contribution in [2.75, 3.05) is 24.1 Å². The molecule has 0 aromatic heterocycles. The number of sulfonamides is 1. The van der Waals surface area contributed by atoms with Crippen LogP contribution in [0.25, 0.3) is 0 Å². The van der Waals surface area contributed by atoms with E-state index >= 15 is 0 Å². The Bertz CT molecular complexity index is 1210. The number of carbonyl (C=O) groups is 1. The first-order chi connectivity index (χ1) is 16.1. The summed E-state index contributed by atoms with van der Waals surface area (Å²) in [4.78, 5) is 14.9. The van der Waals surface area contributed by atoms with Gasteiger partial charge in [-0.15, -0.1) is 0 Å². The third-order valence-corrected chi connectivity index (χ3v) is 7.15. The highest BCUT2D eigenvalue weighted by Gasteiger charge is 2.22. The summed E-state index contributed by atoms with van der Waals surface area (Å²) in [6.07, 6.45) is 0.714. The van der Waals surface area contributed by atoms with Gasteiger partial charge < -0.3 is 15.5 Å². The lowest BCUT2D eigenvalue weighted by Crippen LogP contribution is -2.40. The maximum absolute atomic E-state index is 12.9. The fourth-order valence-corrected chi connectivity index (χ4v) is 4.40. The van der Waals surface area contributed by atoms with Crippen LogP contribution in [0.3, 0.4) is 0 Å². The van der Waals surface area contributed by atoms with Crippen LogP contribution in [-0.2, 0) is 23.0 Å². The van der Waals surface area contributed by atoms with Crippen LogP contribution in [0.1, 0.15) is 25.0 Å². The lowest BCUT2D eigenvalue weighted by atomic mass is 9.93. The van der Waals surface area contributed by atoms with Gasteiger partial charge in [-0.1, -0.05) is 54.6 Å². The zero-order valence-corrected chi connectivity index (χ0v) is 20.8. The number of urea groups is 1. The molecule has 180 valence electrons. The number of hydrogen-bond acceptors (Lipinski definition) is 4. The second-order valence-corrected chi connectivity index (χ2v) is 10.7. The van der Waals surface area contributed by atoms with Gasteiger partial charge in [-0.3, -0.25) is 4.72 Å². The average Bonchev–Trinajstić information content (AvgIpc) is 2.80. The molecule has 0 aliphatic carbocycles. The summed E-state index contributed by atoms with van der Waals surface area (Å²) in [6, 6.07) is 22.6. The Labute approximate surface area is 202 Å². The van der Waals surface area contributed by atoms with Gasteiger partial charge >= 0.3 is 6.03 Å². The molecule has 3 N–H and O–H groups in total. The van der Waals surface area contributed by atoms with Gasteiger partial charge in [0.15, 0.2) is 0 Å². The largest absolute Gasteiger partial charge is 0.334 e. The second kappa shape index (κ2) is 10.7. The van der Waals surface area contributed by atoms with Gasteiger partial charge in [-0.25, -0.2) is 13.2 Å². The Balaban J connectivity index is 1.86. The first-order valence-electron chi connectivity index (χ1n) is 11.0. The van der Waals surface area contributed by atoms with E-state index in [0.717, 1.165) is 11.1 Å². The smallest absolute Gasteiger partial charge is 0.319 e. The summed E-state index contributed by atoms with van der Waals surface area (Å²) in [5.74, 6) is 0. The van der Waals surface area contributed by atoms with E-state index in [1.807, 2.05) is 56.6 Å². The normalized spacial score (nSPS) is 11.8. The Morgan fingerprint density at radius 3 is 2.09 bits per heavy atom. The Kier molecular flexibility index (Phi) is 7.96. The first kappa shape index (κ1) is 25.3. The summed E-state index contributed by atoms with van der Waals surface area (Å²) in [7, 11) is 0.207. The molecule has 3 aromatic rings. The minimum atomic E-state index is -3.82. The van der Waals surface area contributed by atoms with Gasteiger partial charge in [-0.2, -0.15) is 0 Å². The molecule has 0 aliphatic rings. The molecule has 3 rings (SSSR count). The average molecular weight is 481 g/mol. The lowest BCUT2D eigenvalue weighted by Gasteiger charge is -2.33. The SMILES string of the molecule is CN(C)C(C)(C)Cc1ccc(NS(=O)(=O)c2ccccc2)c(NC(=O)NCc2ccccc2)c1. The van der Waals surface area contributed by atoms with Gasteiger partial charge in [0.25, 0.3) is 10.0 Å². The van der Waals surface area contributed by atoms with E-state index in [-0.39, 0.29) is 10.4 Å². The van der Waals surface area contributed by atoms with Crippen LogP contribution < -0.4 is 15.4 Å². The van der Waals surface area contributed by atoms with E-state index in [1.165, 1.54) is 12.1 Å². The van der Waals surface area contributed by atoms with E-state index in [4.69, 9.17) is 0 Å². The maximum atomic E-state index is 12.9. The highest BCUT2D eigenvalue weighted by molar-refractivity contribution is 7.92. The van der Waals surface area contributed by atoms with Crippen LogP contribution in [0.4, 0.5) is 16.2 Å². The molecule has 7 nitrogen and oxygen atoms in total. The molecule has 8 heteroatoms. The lowest BCUT2D eigenvalue weighted by molar-refractivity contribution is 0.195. The van der Waals surface area contributed by atoms with E-state index in [1.54, 1.807) is 24.3 Å². The van der Waals surface area contributed by atoms with Crippen molar-refractivity contribution in [1.82, 2.24) is 10.2 Å². The van der Waals surface area contributed by atoms with E-state index in [9.17, 15) is 13.2 Å². The van der Waals surface area contributed by atoms with Gasteiger partial charge in [0.1, 0.15) is 0 Å². The topological polar surface area (TPSA) is 90.5 Å². The molecule has 0 fully saturated rings. The summed E-state index contributed by atoms with van der Waals surface area (Å²) in [5, 5.41) is 5.64. The molecular formula is C26H32N4O3S. The van der Waals surface area contributed by atoms with Crippen LogP contribution in [0, 0.1) is 0 Å². The maximum Gasteiger partial charge on any atom is 0.319 e. The second-order valence-electron chi connectivity index (χ2n) is 8.98. The van der Waals surface area contributed by atoms with Crippen LogP contribution in [0.5, 0.6) is 0 Å². The number of carbonyl (C=O) groups excluding carboxylic acids is 1. The number of amides is 2. The highest BCUT2D eigenvalue weighted by atomic mass is 32.2. The zero-order valence-electron chi connectivity index (χ0n) is 20.0. The van der Waals surface area contributed by atoms with Gasteiger partial charge in [0.05, 0.1) is 16.3 Å². The molecule has 34 heavy (non-hydrogen) atoms. The molecule has 2 amide bonds. The molecule has 0 heterocycles.